The number of aliphatic carboxylic acids is 1. The van der Waals surface area contributed by atoms with Gasteiger partial charge < -0.3 is 20.1 Å². The number of hydrogen-bond donors (Lipinski definition) is 2. The second-order valence-electron chi connectivity index (χ2n) is 9.17. The third kappa shape index (κ3) is 4.88. The maximum atomic E-state index is 12.6. The Morgan fingerprint density at radius 1 is 0.972 bits per heavy atom. The van der Waals surface area contributed by atoms with Crippen molar-refractivity contribution in [2.75, 3.05) is 24.6 Å². The van der Waals surface area contributed by atoms with Gasteiger partial charge in [0.15, 0.2) is 0 Å². The molecule has 0 saturated carbocycles. The lowest BCUT2D eigenvalue weighted by atomic mass is 9.98. The average Bonchev–Trinajstić information content (AvgIpc) is 3.49. The van der Waals surface area contributed by atoms with Crippen LogP contribution in [0.1, 0.15) is 35.4 Å². The predicted octanol–water partition coefficient (Wildman–Crippen LogP) is 6.13. The highest BCUT2D eigenvalue weighted by molar-refractivity contribution is 6.39. The summed E-state index contributed by atoms with van der Waals surface area (Å²) in [5.41, 5.74) is 5.82. The van der Waals surface area contributed by atoms with Gasteiger partial charge in [-0.2, -0.15) is 0 Å². The Bertz CT molecular complexity index is 1240. The lowest BCUT2D eigenvalue weighted by Crippen LogP contribution is -2.43. The second kappa shape index (κ2) is 10.4. The van der Waals surface area contributed by atoms with Crippen molar-refractivity contribution in [2.45, 2.75) is 31.2 Å². The Morgan fingerprint density at radius 2 is 1.53 bits per heavy atom. The van der Waals surface area contributed by atoms with Crippen LogP contribution in [0.2, 0.25) is 10.0 Å². The quantitative estimate of drug-likeness (QED) is 0.388. The number of benzene rings is 3. The summed E-state index contributed by atoms with van der Waals surface area (Å²) in [7, 11) is 0. The van der Waals surface area contributed by atoms with Gasteiger partial charge in [0.25, 0.3) is 0 Å². The predicted molar refractivity (Wildman–Crippen MR) is 141 cm³/mol. The fourth-order valence-corrected chi connectivity index (χ4v) is 5.97. The first kappa shape index (κ1) is 24.5. The molecule has 1 atom stereocenters. The Morgan fingerprint density at radius 3 is 2.08 bits per heavy atom. The van der Waals surface area contributed by atoms with E-state index in [9.17, 15) is 14.7 Å². The summed E-state index contributed by atoms with van der Waals surface area (Å²) in [5.74, 6) is -1.28. The number of carbonyl (C=O) groups is 2. The summed E-state index contributed by atoms with van der Waals surface area (Å²) in [5, 5.41) is 13.2. The fourth-order valence-electron chi connectivity index (χ4n) is 5.20. The molecule has 1 amide bonds. The highest BCUT2D eigenvalue weighted by Gasteiger charge is 2.30. The van der Waals surface area contributed by atoms with Crippen LogP contribution >= 0.6 is 23.2 Å². The van der Waals surface area contributed by atoms with Gasteiger partial charge in [0.2, 0.25) is 0 Å². The lowest BCUT2D eigenvalue weighted by molar-refractivity contribution is -0.139. The SMILES string of the molecule is O=C(NC(Cc1cc(Cl)c(N2CCCC2)c(Cl)c1)C(=O)O)OCC1c2ccccc2-c2ccccc21. The van der Waals surface area contributed by atoms with Crippen LogP contribution < -0.4 is 10.2 Å². The molecule has 36 heavy (non-hydrogen) atoms. The van der Waals surface area contributed by atoms with Crippen LogP contribution in [-0.4, -0.2) is 42.9 Å². The summed E-state index contributed by atoms with van der Waals surface area (Å²) in [6, 6.07) is 18.3. The number of carbonyl (C=O) groups excluding carboxylic acids is 1. The first-order valence-corrected chi connectivity index (χ1v) is 12.7. The van der Waals surface area contributed by atoms with Crippen LogP contribution in [0.4, 0.5) is 10.5 Å². The van der Waals surface area contributed by atoms with Gasteiger partial charge >= 0.3 is 12.1 Å². The first-order valence-electron chi connectivity index (χ1n) is 12.0. The number of anilines is 1. The van der Waals surface area contributed by atoms with Gasteiger partial charge in [-0.25, -0.2) is 9.59 Å². The minimum Gasteiger partial charge on any atom is -0.480 e. The summed E-state index contributed by atoms with van der Waals surface area (Å²) in [6.45, 7) is 1.88. The van der Waals surface area contributed by atoms with Gasteiger partial charge in [-0.05, 0) is 52.8 Å². The molecule has 0 bridgehead atoms. The van der Waals surface area contributed by atoms with Crippen LogP contribution in [0, 0.1) is 0 Å². The Kier molecular flexibility index (Phi) is 7.08. The van der Waals surface area contributed by atoms with Gasteiger partial charge in [-0.15, -0.1) is 0 Å². The number of hydrogen-bond acceptors (Lipinski definition) is 4. The van der Waals surface area contributed by atoms with Crippen LogP contribution in [-0.2, 0) is 16.0 Å². The van der Waals surface area contributed by atoms with E-state index in [-0.39, 0.29) is 18.9 Å². The molecular formula is C28H26Cl2N2O4. The molecule has 6 nitrogen and oxygen atoms in total. The topological polar surface area (TPSA) is 78.9 Å². The van der Waals surface area contributed by atoms with E-state index < -0.39 is 18.1 Å². The number of nitrogens with zero attached hydrogens (tertiary/aromatic N) is 1. The lowest BCUT2D eigenvalue weighted by Gasteiger charge is -2.22. The number of nitrogens with one attached hydrogen (secondary N) is 1. The molecular weight excluding hydrogens is 499 g/mol. The number of carboxylic acids is 1. The molecule has 3 aromatic carbocycles. The summed E-state index contributed by atoms with van der Waals surface area (Å²) >= 11 is 13.0. The van der Waals surface area contributed by atoms with Gasteiger partial charge in [-0.3, -0.25) is 0 Å². The van der Waals surface area contributed by atoms with Gasteiger partial charge in [0.05, 0.1) is 15.7 Å². The normalized spacial score (nSPS) is 15.3. The molecule has 186 valence electrons. The Balaban J connectivity index is 1.25. The molecule has 0 radical (unpaired) electrons. The van der Waals surface area contributed by atoms with E-state index in [1.54, 1.807) is 12.1 Å². The average molecular weight is 525 g/mol. The Labute approximate surface area is 219 Å². The third-order valence-electron chi connectivity index (χ3n) is 6.87. The van der Waals surface area contributed by atoms with Gasteiger partial charge in [0, 0.05) is 25.4 Å². The molecule has 1 unspecified atom stereocenters. The Hall–Kier alpha value is -3.22. The monoisotopic (exact) mass is 524 g/mol. The summed E-state index contributed by atoms with van der Waals surface area (Å²) < 4.78 is 5.52. The third-order valence-corrected chi connectivity index (χ3v) is 7.45. The molecule has 2 N–H and O–H groups in total. The van der Waals surface area contributed by atoms with Crippen LogP contribution in [0.25, 0.3) is 11.1 Å². The zero-order chi connectivity index (χ0) is 25.2. The van der Waals surface area contributed by atoms with Crippen molar-refractivity contribution in [2.24, 2.45) is 0 Å². The van der Waals surface area contributed by atoms with Crippen molar-refractivity contribution >= 4 is 41.0 Å². The van der Waals surface area contributed by atoms with E-state index in [4.69, 9.17) is 27.9 Å². The molecule has 1 fully saturated rings. The second-order valence-corrected chi connectivity index (χ2v) is 9.98. The van der Waals surface area contributed by atoms with E-state index in [0.717, 1.165) is 53.9 Å². The summed E-state index contributed by atoms with van der Waals surface area (Å²) in [6.07, 6.45) is 1.41. The van der Waals surface area contributed by atoms with Gasteiger partial charge in [-0.1, -0.05) is 71.7 Å². The van der Waals surface area contributed by atoms with Crippen LogP contribution in [0.15, 0.2) is 60.7 Å². The zero-order valence-corrected chi connectivity index (χ0v) is 21.1. The molecule has 8 heteroatoms. The molecule has 0 spiro atoms. The molecule has 2 aliphatic rings. The van der Waals surface area contributed by atoms with E-state index >= 15 is 0 Å². The van der Waals surface area contributed by atoms with E-state index in [1.807, 2.05) is 36.4 Å². The van der Waals surface area contributed by atoms with Crippen molar-refractivity contribution in [3.05, 3.63) is 87.4 Å². The maximum absolute atomic E-state index is 12.6. The molecule has 1 saturated heterocycles. The highest BCUT2D eigenvalue weighted by atomic mass is 35.5. The zero-order valence-electron chi connectivity index (χ0n) is 19.5. The van der Waals surface area contributed by atoms with Crippen molar-refractivity contribution in [3.8, 4) is 11.1 Å². The number of rotatable bonds is 7. The molecule has 5 rings (SSSR count). The van der Waals surface area contributed by atoms with Crippen LogP contribution in [0.5, 0.6) is 0 Å². The number of carboxylic acid groups (broad SMARTS) is 1. The highest BCUT2D eigenvalue weighted by Crippen LogP contribution is 2.44. The number of alkyl carbamates (subject to hydrolysis) is 1. The number of amides is 1. The van der Waals surface area contributed by atoms with E-state index in [1.165, 1.54) is 0 Å². The van der Waals surface area contributed by atoms with Crippen molar-refractivity contribution < 1.29 is 19.4 Å². The van der Waals surface area contributed by atoms with E-state index in [0.29, 0.717) is 15.6 Å². The van der Waals surface area contributed by atoms with Crippen molar-refractivity contribution in [3.63, 3.8) is 0 Å². The number of ether oxygens (including phenoxy) is 1. The molecule has 1 aliphatic heterocycles. The van der Waals surface area contributed by atoms with Crippen molar-refractivity contribution in [1.82, 2.24) is 5.32 Å². The largest absolute Gasteiger partial charge is 0.480 e. The summed E-state index contributed by atoms with van der Waals surface area (Å²) in [4.78, 5) is 26.7. The first-order chi connectivity index (χ1) is 17.4. The minimum atomic E-state index is -1.19. The number of fused-ring (bicyclic) bond motifs is 3. The maximum Gasteiger partial charge on any atom is 0.407 e. The van der Waals surface area contributed by atoms with Crippen LogP contribution in [0.3, 0.4) is 0 Å². The van der Waals surface area contributed by atoms with Crippen molar-refractivity contribution in [1.29, 1.82) is 0 Å². The minimum absolute atomic E-state index is 0.0270. The van der Waals surface area contributed by atoms with Gasteiger partial charge in [0.1, 0.15) is 12.6 Å². The fraction of sp³-hybridized carbons (Fsp3) is 0.286. The molecule has 3 aromatic rings. The standard InChI is InChI=1S/C28H26Cl2N2O4/c29-23-13-17(14-24(30)26(23)32-11-5-6-12-32)15-25(27(33)34)31-28(35)36-16-22-20-9-3-1-7-18(20)19-8-2-4-10-21(19)22/h1-4,7-10,13-14,22,25H,5-6,11-12,15-16H2,(H,31,35)(H,33,34). The number of halogens is 2. The molecule has 0 aromatic heterocycles. The molecule has 1 heterocycles. The smallest absolute Gasteiger partial charge is 0.407 e. The van der Waals surface area contributed by atoms with E-state index in [2.05, 4.69) is 22.3 Å². The molecule has 1 aliphatic carbocycles.